The SMILES string of the molecule is O=CC1=C(C(=O)O)N2C(=O)[C@@H](NC(=O)Cn3cnnn3)[C@H]2SC1. The molecule has 2 atom stereocenters. The standard InChI is InChI=1S/C11H10N6O5S/c18-2-5-3-23-10-7(9(20)17(10)8(5)11(21)22)13-6(19)1-16-4-12-14-15-16/h2,4,7,10H,1,3H2,(H,13,19)(H,21,22)/t7-,10-/m1/s1. The van der Waals surface area contributed by atoms with Crippen molar-refractivity contribution in [1.29, 1.82) is 0 Å². The van der Waals surface area contributed by atoms with Crippen LogP contribution in [0.25, 0.3) is 0 Å². The van der Waals surface area contributed by atoms with Gasteiger partial charge in [0.15, 0.2) is 0 Å². The van der Waals surface area contributed by atoms with Crippen LogP contribution in [0.15, 0.2) is 17.6 Å². The van der Waals surface area contributed by atoms with Crippen LogP contribution >= 0.6 is 11.8 Å². The number of aliphatic carboxylic acids is 1. The third-order valence-electron chi connectivity index (χ3n) is 3.36. The molecule has 1 saturated heterocycles. The summed E-state index contributed by atoms with van der Waals surface area (Å²) in [6.07, 6.45) is 1.69. The van der Waals surface area contributed by atoms with Crippen LogP contribution in [0, 0.1) is 0 Å². The number of amides is 2. The first-order valence-electron chi connectivity index (χ1n) is 6.39. The number of hydrogen-bond donors (Lipinski definition) is 2. The number of nitrogens with one attached hydrogen (secondary N) is 1. The molecule has 0 aromatic carbocycles. The summed E-state index contributed by atoms with van der Waals surface area (Å²) in [6.45, 7) is -0.157. The van der Waals surface area contributed by atoms with Gasteiger partial charge in [-0.1, -0.05) is 0 Å². The molecule has 0 spiro atoms. The van der Waals surface area contributed by atoms with Gasteiger partial charge in [-0.05, 0) is 10.4 Å². The lowest BCUT2D eigenvalue weighted by Crippen LogP contribution is -2.70. The van der Waals surface area contributed by atoms with Crippen LogP contribution in [-0.2, 0) is 25.7 Å². The third kappa shape index (κ3) is 2.56. The Labute approximate surface area is 132 Å². The Balaban J connectivity index is 1.71. The van der Waals surface area contributed by atoms with Crippen molar-refractivity contribution in [1.82, 2.24) is 30.4 Å². The summed E-state index contributed by atoms with van der Waals surface area (Å²) < 4.78 is 1.19. The highest BCUT2D eigenvalue weighted by molar-refractivity contribution is 8.00. The predicted octanol–water partition coefficient (Wildman–Crippen LogP) is -2.39. The summed E-state index contributed by atoms with van der Waals surface area (Å²) in [5.41, 5.74) is -0.273. The van der Waals surface area contributed by atoms with Crippen LogP contribution in [0.4, 0.5) is 0 Å². The van der Waals surface area contributed by atoms with E-state index in [2.05, 4.69) is 20.8 Å². The molecule has 2 N–H and O–H groups in total. The Kier molecular flexibility index (Phi) is 3.82. The van der Waals surface area contributed by atoms with Gasteiger partial charge in [-0.25, -0.2) is 9.48 Å². The lowest BCUT2D eigenvalue weighted by atomic mass is 10.0. The van der Waals surface area contributed by atoms with Gasteiger partial charge in [0, 0.05) is 11.3 Å². The van der Waals surface area contributed by atoms with E-state index in [4.69, 9.17) is 0 Å². The topological polar surface area (TPSA) is 147 Å². The van der Waals surface area contributed by atoms with E-state index >= 15 is 0 Å². The molecule has 3 rings (SSSR count). The van der Waals surface area contributed by atoms with Crippen LogP contribution < -0.4 is 5.32 Å². The number of aldehydes is 1. The lowest BCUT2D eigenvalue weighted by molar-refractivity contribution is -0.150. The molecule has 0 saturated carbocycles. The fourth-order valence-electron chi connectivity index (χ4n) is 2.35. The molecule has 12 heteroatoms. The summed E-state index contributed by atoms with van der Waals surface area (Å²) in [7, 11) is 0. The van der Waals surface area contributed by atoms with E-state index in [0.717, 1.165) is 4.90 Å². The molecule has 1 fully saturated rings. The number of β-lactam (4-membered cyclic amide) rings is 1. The number of carbonyl (C=O) groups excluding carboxylic acids is 3. The second-order valence-corrected chi connectivity index (χ2v) is 5.86. The Morgan fingerprint density at radius 1 is 1.52 bits per heavy atom. The Morgan fingerprint density at radius 2 is 2.30 bits per heavy atom. The van der Waals surface area contributed by atoms with E-state index < -0.39 is 29.2 Å². The molecule has 120 valence electrons. The number of hydrogen-bond acceptors (Lipinski definition) is 8. The first kappa shape index (κ1) is 15.1. The minimum absolute atomic E-state index is 0.0468. The van der Waals surface area contributed by atoms with E-state index in [1.165, 1.54) is 22.8 Å². The molecule has 1 aromatic heterocycles. The van der Waals surface area contributed by atoms with Gasteiger partial charge >= 0.3 is 5.97 Å². The number of rotatable bonds is 5. The van der Waals surface area contributed by atoms with Crippen LogP contribution in [0.2, 0.25) is 0 Å². The van der Waals surface area contributed by atoms with Crippen molar-refractivity contribution in [3.63, 3.8) is 0 Å². The van der Waals surface area contributed by atoms with Crippen molar-refractivity contribution in [2.45, 2.75) is 18.0 Å². The van der Waals surface area contributed by atoms with Crippen LogP contribution in [0.3, 0.4) is 0 Å². The summed E-state index contributed by atoms with van der Waals surface area (Å²) in [4.78, 5) is 47.3. The van der Waals surface area contributed by atoms with Gasteiger partial charge in [-0.3, -0.25) is 19.3 Å². The van der Waals surface area contributed by atoms with Crippen molar-refractivity contribution in [2.75, 3.05) is 5.75 Å². The lowest BCUT2D eigenvalue weighted by Gasteiger charge is -2.48. The summed E-state index contributed by atoms with van der Waals surface area (Å²) >= 11 is 1.22. The fourth-order valence-corrected chi connectivity index (χ4v) is 3.64. The van der Waals surface area contributed by atoms with Gasteiger partial charge in [0.25, 0.3) is 5.91 Å². The second kappa shape index (κ2) is 5.79. The third-order valence-corrected chi connectivity index (χ3v) is 4.66. The molecule has 0 bridgehead atoms. The van der Waals surface area contributed by atoms with Crippen LogP contribution in [0.5, 0.6) is 0 Å². The van der Waals surface area contributed by atoms with E-state index in [0.29, 0.717) is 6.29 Å². The maximum absolute atomic E-state index is 12.1. The zero-order chi connectivity index (χ0) is 16.6. The number of tetrazole rings is 1. The molecule has 0 radical (unpaired) electrons. The predicted molar refractivity (Wildman–Crippen MR) is 73.6 cm³/mol. The van der Waals surface area contributed by atoms with Gasteiger partial charge in [-0.2, -0.15) is 0 Å². The largest absolute Gasteiger partial charge is 0.477 e. The Bertz CT molecular complexity index is 716. The van der Waals surface area contributed by atoms with Crippen molar-refractivity contribution < 1.29 is 24.3 Å². The number of carboxylic acid groups (broad SMARTS) is 1. The number of aromatic nitrogens is 4. The number of fused-ring (bicyclic) bond motifs is 1. The first-order chi connectivity index (χ1) is 11.0. The molecule has 0 unspecified atom stereocenters. The monoisotopic (exact) mass is 338 g/mol. The average molecular weight is 338 g/mol. The van der Waals surface area contributed by atoms with Crippen LogP contribution in [-0.4, -0.2) is 71.5 Å². The maximum atomic E-state index is 12.1. The quantitative estimate of drug-likeness (QED) is 0.443. The molecule has 1 aromatic rings. The average Bonchev–Trinajstić information content (AvgIpc) is 3.03. The molecule has 0 aliphatic carbocycles. The molecular weight excluding hydrogens is 328 g/mol. The van der Waals surface area contributed by atoms with Crippen molar-refractivity contribution in [3.05, 3.63) is 17.6 Å². The second-order valence-electron chi connectivity index (χ2n) is 4.76. The summed E-state index contributed by atoms with van der Waals surface area (Å²) in [5.74, 6) is -2.22. The summed E-state index contributed by atoms with van der Waals surface area (Å²) in [5, 5.41) is 21.5. The molecule has 3 heterocycles. The number of carboxylic acids is 1. The molecule has 2 aliphatic rings. The smallest absolute Gasteiger partial charge is 0.353 e. The summed E-state index contributed by atoms with van der Waals surface area (Å²) in [6, 6.07) is -0.841. The Hall–Kier alpha value is -2.76. The number of thioether (sulfide) groups is 1. The molecule has 2 aliphatic heterocycles. The van der Waals surface area contributed by atoms with Crippen molar-refractivity contribution in [2.24, 2.45) is 0 Å². The van der Waals surface area contributed by atoms with Gasteiger partial charge in [0.1, 0.15) is 36.3 Å². The van der Waals surface area contributed by atoms with E-state index in [-0.39, 0.29) is 23.6 Å². The molecule has 23 heavy (non-hydrogen) atoms. The maximum Gasteiger partial charge on any atom is 0.353 e. The van der Waals surface area contributed by atoms with Gasteiger partial charge in [0.2, 0.25) is 5.91 Å². The highest BCUT2D eigenvalue weighted by atomic mass is 32.2. The molecule has 2 amide bonds. The van der Waals surface area contributed by atoms with E-state index in [1.807, 2.05) is 0 Å². The van der Waals surface area contributed by atoms with Crippen molar-refractivity contribution >= 4 is 35.8 Å². The normalized spacial score (nSPS) is 23.1. The van der Waals surface area contributed by atoms with Gasteiger partial charge in [-0.15, -0.1) is 16.9 Å². The highest BCUT2D eigenvalue weighted by Gasteiger charge is 2.54. The minimum atomic E-state index is -1.34. The highest BCUT2D eigenvalue weighted by Crippen LogP contribution is 2.39. The van der Waals surface area contributed by atoms with Crippen molar-refractivity contribution in [3.8, 4) is 0 Å². The van der Waals surface area contributed by atoms with Crippen LogP contribution in [0.1, 0.15) is 0 Å². The van der Waals surface area contributed by atoms with E-state index in [9.17, 15) is 24.3 Å². The molecule has 11 nitrogen and oxygen atoms in total. The number of carbonyl (C=O) groups is 4. The Morgan fingerprint density at radius 3 is 2.91 bits per heavy atom. The fraction of sp³-hybridized carbons (Fsp3) is 0.364. The zero-order valence-electron chi connectivity index (χ0n) is 11.4. The van der Waals surface area contributed by atoms with Gasteiger partial charge < -0.3 is 10.4 Å². The number of nitrogens with zero attached hydrogens (tertiary/aromatic N) is 5. The van der Waals surface area contributed by atoms with Gasteiger partial charge in [0.05, 0.1) is 0 Å². The molecular formula is C11H10N6O5S. The first-order valence-corrected chi connectivity index (χ1v) is 7.44. The minimum Gasteiger partial charge on any atom is -0.477 e. The zero-order valence-corrected chi connectivity index (χ0v) is 12.3. The van der Waals surface area contributed by atoms with E-state index in [1.54, 1.807) is 0 Å².